The number of rotatable bonds is 1. The molecule has 0 aliphatic carbocycles. The summed E-state index contributed by atoms with van der Waals surface area (Å²) in [6, 6.07) is 3.40. The predicted octanol–water partition coefficient (Wildman–Crippen LogP) is 2.85. The van der Waals surface area contributed by atoms with Crippen LogP contribution in [-0.2, 0) is 4.74 Å². The molecule has 4 heteroatoms. The molecule has 0 aromatic carbocycles. The molecule has 0 N–H and O–H groups in total. The first kappa shape index (κ1) is 8.30. The second kappa shape index (κ2) is 2.87. The van der Waals surface area contributed by atoms with Crippen LogP contribution in [0.5, 0.6) is 0 Å². The van der Waals surface area contributed by atoms with Gasteiger partial charge in [0.25, 0.3) is 0 Å². The zero-order valence-corrected chi connectivity index (χ0v) is 7.93. The monoisotopic (exact) mass is 203 g/mol. The molecule has 0 saturated carbocycles. The lowest BCUT2D eigenvalue weighted by atomic mass is 10.2. The number of pyridine rings is 1. The van der Waals surface area contributed by atoms with E-state index in [1.54, 1.807) is 12.1 Å². The lowest BCUT2D eigenvalue weighted by molar-refractivity contribution is 0.380. The molecule has 1 saturated heterocycles. The average molecular weight is 204 g/mol. The summed E-state index contributed by atoms with van der Waals surface area (Å²) in [4.78, 5) is 4.09. The van der Waals surface area contributed by atoms with E-state index in [2.05, 4.69) is 4.98 Å². The van der Waals surface area contributed by atoms with Crippen molar-refractivity contribution in [2.45, 2.75) is 19.1 Å². The Balaban J connectivity index is 2.36. The zero-order chi connectivity index (χ0) is 8.72. The third-order valence-corrected chi connectivity index (χ3v) is 2.35. The van der Waals surface area contributed by atoms with Crippen molar-refractivity contribution < 1.29 is 4.74 Å². The van der Waals surface area contributed by atoms with Gasteiger partial charge < -0.3 is 4.74 Å². The van der Waals surface area contributed by atoms with Gasteiger partial charge in [-0.25, -0.2) is 4.98 Å². The normalized spacial score (nSPS) is 27.2. The maximum absolute atomic E-state index is 5.90. The highest BCUT2D eigenvalue weighted by Crippen LogP contribution is 2.40. The fourth-order valence-electron chi connectivity index (χ4n) is 1.11. The van der Waals surface area contributed by atoms with E-state index in [1.807, 2.05) is 6.92 Å². The quantitative estimate of drug-likeness (QED) is 0.519. The Hall–Kier alpha value is -0.310. The topological polar surface area (TPSA) is 25.4 Å². The molecule has 1 fully saturated rings. The SMILES string of the molecule is CC1OC1c1nc(Cl)ccc1Cl. The maximum atomic E-state index is 5.90. The van der Waals surface area contributed by atoms with E-state index in [4.69, 9.17) is 27.9 Å². The number of aromatic nitrogens is 1. The summed E-state index contributed by atoms with van der Waals surface area (Å²) in [6.07, 6.45) is 0.254. The Morgan fingerprint density at radius 3 is 2.67 bits per heavy atom. The van der Waals surface area contributed by atoms with Gasteiger partial charge in [0.2, 0.25) is 0 Å². The molecule has 1 aromatic heterocycles. The van der Waals surface area contributed by atoms with Gasteiger partial charge >= 0.3 is 0 Å². The molecule has 0 bridgehead atoms. The zero-order valence-electron chi connectivity index (χ0n) is 6.42. The van der Waals surface area contributed by atoms with Crippen molar-refractivity contribution >= 4 is 23.2 Å². The van der Waals surface area contributed by atoms with Gasteiger partial charge in [0.1, 0.15) is 11.3 Å². The smallest absolute Gasteiger partial charge is 0.129 e. The van der Waals surface area contributed by atoms with Crippen LogP contribution in [0.15, 0.2) is 12.1 Å². The summed E-state index contributed by atoms with van der Waals surface area (Å²) in [7, 11) is 0. The second-order valence-electron chi connectivity index (χ2n) is 2.76. The van der Waals surface area contributed by atoms with E-state index >= 15 is 0 Å². The van der Waals surface area contributed by atoms with Gasteiger partial charge in [-0.1, -0.05) is 23.2 Å². The van der Waals surface area contributed by atoms with Crippen molar-refractivity contribution in [2.75, 3.05) is 0 Å². The fourth-order valence-corrected chi connectivity index (χ4v) is 1.47. The maximum Gasteiger partial charge on any atom is 0.129 e. The number of ether oxygens (including phenoxy) is 1. The van der Waals surface area contributed by atoms with Crippen LogP contribution < -0.4 is 0 Å². The highest BCUT2D eigenvalue weighted by molar-refractivity contribution is 6.32. The summed E-state index contributed by atoms with van der Waals surface area (Å²) >= 11 is 11.6. The molecule has 64 valence electrons. The van der Waals surface area contributed by atoms with Crippen LogP contribution in [0.2, 0.25) is 10.2 Å². The summed E-state index contributed by atoms with van der Waals surface area (Å²) < 4.78 is 5.23. The molecule has 0 amide bonds. The largest absolute Gasteiger partial charge is 0.363 e. The molecule has 2 rings (SSSR count). The number of epoxide rings is 1. The first-order chi connectivity index (χ1) is 5.68. The Morgan fingerprint density at radius 2 is 2.08 bits per heavy atom. The first-order valence-electron chi connectivity index (χ1n) is 3.66. The molecule has 2 heterocycles. The lowest BCUT2D eigenvalue weighted by Gasteiger charge is -1.98. The van der Waals surface area contributed by atoms with E-state index in [-0.39, 0.29) is 12.2 Å². The van der Waals surface area contributed by atoms with Crippen LogP contribution in [0.1, 0.15) is 18.7 Å². The molecule has 0 radical (unpaired) electrons. The highest BCUT2D eigenvalue weighted by atomic mass is 35.5. The molecule has 12 heavy (non-hydrogen) atoms. The summed E-state index contributed by atoms with van der Waals surface area (Å²) in [5.74, 6) is 0. The van der Waals surface area contributed by atoms with Crippen LogP contribution in [-0.4, -0.2) is 11.1 Å². The minimum atomic E-state index is 0.0381. The van der Waals surface area contributed by atoms with Crippen molar-refractivity contribution in [3.63, 3.8) is 0 Å². The molecule has 2 atom stereocenters. The molecule has 1 aromatic rings. The summed E-state index contributed by atoms with van der Waals surface area (Å²) in [6.45, 7) is 1.98. The van der Waals surface area contributed by atoms with Gasteiger partial charge in [-0.05, 0) is 19.1 Å². The summed E-state index contributed by atoms with van der Waals surface area (Å²) in [5, 5.41) is 1.07. The van der Waals surface area contributed by atoms with Crippen LogP contribution in [0.25, 0.3) is 0 Å². The summed E-state index contributed by atoms with van der Waals surface area (Å²) in [5.41, 5.74) is 0.747. The third-order valence-electron chi connectivity index (χ3n) is 1.82. The van der Waals surface area contributed by atoms with Crippen molar-refractivity contribution in [2.24, 2.45) is 0 Å². The van der Waals surface area contributed by atoms with Gasteiger partial charge in [0.05, 0.1) is 16.8 Å². The van der Waals surface area contributed by atoms with Crippen molar-refractivity contribution in [1.29, 1.82) is 0 Å². The van der Waals surface area contributed by atoms with Crippen LogP contribution in [0.3, 0.4) is 0 Å². The number of hydrogen-bond donors (Lipinski definition) is 0. The molecule has 2 nitrogen and oxygen atoms in total. The van der Waals surface area contributed by atoms with E-state index in [0.717, 1.165) is 5.69 Å². The van der Waals surface area contributed by atoms with E-state index in [1.165, 1.54) is 0 Å². The van der Waals surface area contributed by atoms with Gasteiger partial charge in [0.15, 0.2) is 0 Å². The fraction of sp³-hybridized carbons (Fsp3) is 0.375. The van der Waals surface area contributed by atoms with Crippen LogP contribution in [0.4, 0.5) is 0 Å². The van der Waals surface area contributed by atoms with Crippen molar-refractivity contribution in [1.82, 2.24) is 4.98 Å². The molecule has 2 unspecified atom stereocenters. The van der Waals surface area contributed by atoms with Gasteiger partial charge in [0, 0.05) is 0 Å². The standard InChI is InChI=1S/C8H7Cl2NO/c1-4-8(12-4)7-5(9)2-3-6(10)11-7/h2-4,8H,1H3. The number of hydrogen-bond acceptors (Lipinski definition) is 2. The molecular formula is C8H7Cl2NO. The van der Waals surface area contributed by atoms with E-state index in [9.17, 15) is 0 Å². The minimum absolute atomic E-state index is 0.0381. The number of halogens is 2. The molecule has 0 spiro atoms. The van der Waals surface area contributed by atoms with Gasteiger partial charge in [-0.3, -0.25) is 0 Å². The Bertz CT molecular complexity index is 316. The van der Waals surface area contributed by atoms with Crippen LogP contribution in [0, 0.1) is 0 Å². The molecular weight excluding hydrogens is 197 g/mol. The highest BCUT2D eigenvalue weighted by Gasteiger charge is 2.38. The first-order valence-corrected chi connectivity index (χ1v) is 4.41. The van der Waals surface area contributed by atoms with Crippen LogP contribution >= 0.6 is 23.2 Å². The molecule has 1 aliphatic heterocycles. The second-order valence-corrected chi connectivity index (χ2v) is 3.56. The Kier molecular flexibility index (Phi) is 1.99. The van der Waals surface area contributed by atoms with E-state index in [0.29, 0.717) is 10.2 Å². The number of nitrogens with zero attached hydrogens (tertiary/aromatic N) is 1. The predicted molar refractivity (Wildman–Crippen MR) is 47.5 cm³/mol. The van der Waals surface area contributed by atoms with E-state index < -0.39 is 0 Å². The van der Waals surface area contributed by atoms with Crippen molar-refractivity contribution in [3.8, 4) is 0 Å². The Labute approximate surface area is 80.5 Å². The van der Waals surface area contributed by atoms with Crippen molar-refractivity contribution in [3.05, 3.63) is 28.0 Å². The van der Waals surface area contributed by atoms with Gasteiger partial charge in [-0.15, -0.1) is 0 Å². The minimum Gasteiger partial charge on any atom is -0.363 e. The molecule has 1 aliphatic rings. The third kappa shape index (κ3) is 1.42. The van der Waals surface area contributed by atoms with Gasteiger partial charge in [-0.2, -0.15) is 0 Å². The average Bonchev–Trinajstić information content (AvgIpc) is 2.73. The lowest BCUT2D eigenvalue weighted by Crippen LogP contribution is -1.90. The Morgan fingerprint density at radius 1 is 1.42 bits per heavy atom.